The van der Waals surface area contributed by atoms with Crippen molar-refractivity contribution < 1.29 is 26.4 Å². The van der Waals surface area contributed by atoms with Gasteiger partial charge in [0.1, 0.15) is 0 Å². The Bertz CT molecular complexity index is 339. The van der Waals surface area contributed by atoms with E-state index in [2.05, 4.69) is 0 Å². The van der Waals surface area contributed by atoms with Gasteiger partial charge in [-0.1, -0.05) is 13.3 Å². The van der Waals surface area contributed by atoms with Crippen molar-refractivity contribution in [2.45, 2.75) is 97.8 Å². The summed E-state index contributed by atoms with van der Waals surface area (Å²) in [5, 5.41) is 0. The third-order valence-electron chi connectivity index (χ3n) is 2.57. The van der Waals surface area contributed by atoms with Gasteiger partial charge >= 0.3 is 15.0 Å². The summed E-state index contributed by atoms with van der Waals surface area (Å²) in [6.45, 7) is 14.7. The molecule has 0 radical (unpaired) electrons. The molecule has 0 atom stereocenters. The molecule has 134 valence electrons. The first-order chi connectivity index (χ1) is 9.43. The van der Waals surface area contributed by atoms with Crippen LogP contribution < -0.4 is 0 Å². The molecule has 0 saturated carbocycles. The van der Waals surface area contributed by atoms with Crippen molar-refractivity contribution in [1.82, 2.24) is 0 Å². The highest BCUT2D eigenvalue weighted by Gasteiger charge is 2.58. The molecule has 0 aromatic carbocycles. The molecule has 0 rings (SSSR count). The van der Waals surface area contributed by atoms with Crippen molar-refractivity contribution in [3.63, 3.8) is 0 Å². The van der Waals surface area contributed by atoms with Crippen molar-refractivity contribution >= 4 is 8.80 Å². The first-order valence-electron chi connectivity index (χ1n) is 7.60. The van der Waals surface area contributed by atoms with Gasteiger partial charge in [-0.05, 0) is 55.4 Å². The van der Waals surface area contributed by atoms with Crippen LogP contribution in [0.1, 0.15) is 68.7 Å². The largest absolute Gasteiger partial charge is 0.502 e. The molecular weight excluding hydrogens is 313 g/mol. The SMILES string of the molecule is CCC[Si](OC(C)(C)C)(OC(C)(C)C)OC(C)(C)C(F)(F)F. The van der Waals surface area contributed by atoms with Crippen molar-refractivity contribution in [3.05, 3.63) is 0 Å². The Morgan fingerprint density at radius 2 is 1.09 bits per heavy atom. The summed E-state index contributed by atoms with van der Waals surface area (Å²) in [7, 11) is -3.53. The van der Waals surface area contributed by atoms with Gasteiger partial charge in [0.05, 0.1) is 11.2 Å². The zero-order valence-electron chi connectivity index (χ0n) is 15.3. The van der Waals surface area contributed by atoms with Gasteiger partial charge in [0.25, 0.3) is 0 Å². The third kappa shape index (κ3) is 7.44. The van der Waals surface area contributed by atoms with E-state index in [0.29, 0.717) is 12.5 Å². The Labute approximate surface area is 133 Å². The second kappa shape index (κ2) is 6.79. The monoisotopic (exact) mass is 344 g/mol. The van der Waals surface area contributed by atoms with Crippen molar-refractivity contribution in [3.8, 4) is 0 Å². The smallest absolute Gasteiger partial charge is 0.368 e. The lowest BCUT2D eigenvalue weighted by Gasteiger charge is -2.44. The van der Waals surface area contributed by atoms with Gasteiger partial charge in [-0.2, -0.15) is 13.2 Å². The van der Waals surface area contributed by atoms with E-state index in [4.69, 9.17) is 13.3 Å². The van der Waals surface area contributed by atoms with Gasteiger partial charge in [-0.25, -0.2) is 0 Å². The van der Waals surface area contributed by atoms with Crippen LogP contribution >= 0.6 is 0 Å². The van der Waals surface area contributed by atoms with Gasteiger partial charge < -0.3 is 13.3 Å². The van der Waals surface area contributed by atoms with Gasteiger partial charge in [-0.3, -0.25) is 0 Å². The van der Waals surface area contributed by atoms with E-state index in [1.165, 1.54) is 0 Å². The van der Waals surface area contributed by atoms with Gasteiger partial charge in [0.15, 0.2) is 5.60 Å². The molecule has 0 unspecified atom stereocenters. The fourth-order valence-electron chi connectivity index (χ4n) is 1.90. The van der Waals surface area contributed by atoms with Gasteiger partial charge in [0.2, 0.25) is 0 Å². The first kappa shape index (κ1) is 21.9. The normalized spacial score (nSPS) is 15.3. The fraction of sp³-hybridized carbons (Fsp3) is 1.00. The lowest BCUT2D eigenvalue weighted by Crippen LogP contribution is -2.60. The van der Waals surface area contributed by atoms with Crippen LogP contribution in [0.4, 0.5) is 13.2 Å². The van der Waals surface area contributed by atoms with Crippen LogP contribution in [-0.2, 0) is 13.3 Å². The van der Waals surface area contributed by atoms with E-state index < -0.39 is 31.8 Å². The Balaban J connectivity index is 5.73. The second-order valence-electron chi connectivity index (χ2n) is 7.97. The van der Waals surface area contributed by atoms with Crippen molar-refractivity contribution in [2.75, 3.05) is 0 Å². The summed E-state index contributed by atoms with van der Waals surface area (Å²) < 4.78 is 57.3. The average Bonchev–Trinajstić information content (AvgIpc) is 2.07. The van der Waals surface area contributed by atoms with Crippen LogP contribution in [0.15, 0.2) is 0 Å². The molecule has 0 fully saturated rings. The van der Waals surface area contributed by atoms with E-state index >= 15 is 0 Å². The third-order valence-corrected chi connectivity index (χ3v) is 6.35. The van der Waals surface area contributed by atoms with Crippen LogP contribution in [0.5, 0.6) is 0 Å². The highest BCUT2D eigenvalue weighted by Crippen LogP contribution is 2.39. The Kier molecular flexibility index (Phi) is 6.75. The molecule has 0 saturated heterocycles. The molecule has 22 heavy (non-hydrogen) atoms. The molecule has 7 heteroatoms. The molecule has 0 N–H and O–H groups in total. The quantitative estimate of drug-likeness (QED) is 0.610. The molecule has 0 heterocycles. The molecule has 0 spiro atoms. The molecular formula is C15H31F3O3Si. The van der Waals surface area contributed by atoms with E-state index in [0.717, 1.165) is 13.8 Å². The lowest BCUT2D eigenvalue weighted by atomic mass is 10.1. The highest BCUT2D eigenvalue weighted by atomic mass is 28.4. The number of alkyl halides is 3. The van der Waals surface area contributed by atoms with Crippen LogP contribution in [0, 0.1) is 0 Å². The topological polar surface area (TPSA) is 27.7 Å². The molecule has 3 nitrogen and oxygen atoms in total. The summed E-state index contributed by atoms with van der Waals surface area (Å²) in [4.78, 5) is 0. The zero-order chi connectivity index (χ0) is 18.0. The van der Waals surface area contributed by atoms with Gasteiger partial charge in [-0.15, -0.1) is 0 Å². The minimum atomic E-state index is -4.50. The molecule has 0 aliphatic rings. The Morgan fingerprint density at radius 1 is 0.727 bits per heavy atom. The van der Waals surface area contributed by atoms with E-state index in [9.17, 15) is 13.2 Å². The van der Waals surface area contributed by atoms with Gasteiger partial charge in [0, 0.05) is 6.04 Å². The summed E-state index contributed by atoms with van der Waals surface area (Å²) in [6, 6.07) is 0.334. The van der Waals surface area contributed by atoms with E-state index in [1.807, 2.05) is 6.92 Å². The molecule has 0 aliphatic heterocycles. The summed E-state index contributed by atoms with van der Waals surface area (Å²) in [6.07, 6.45) is -3.88. The first-order valence-corrected chi connectivity index (χ1v) is 9.53. The van der Waals surface area contributed by atoms with Crippen LogP contribution in [0.3, 0.4) is 0 Å². The highest BCUT2D eigenvalue weighted by molar-refractivity contribution is 6.61. The van der Waals surface area contributed by atoms with Crippen LogP contribution in [0.25, 0.3) is 0 Å². The molecule has 0 bridgehead atoms. The predicted octanol–water partition coefficient (Wildman–Crippen LogP) is 5.32. The maximum atomic E-state index is 13.3. The lowest BCUT2D eigenvalue weighted by molar-refractivity contribution is -0.253. The predicted molar refractivity (Wildman–Crippen MR) is 83.7 cm³/mol. The zero-order valence-corrected chi connectivity index (χ0v) is 16.3. The Hall–Kier alpha value is -0.113. The summed E-state index contributed by atoms with van der Waals surface area (Å²) in [5.74, 6) is 0. The minimum Gasteiger partial charge on any atom is -0.368 e. The number of rotatable bonds is 6. The summed E-state index contributed by atoms with van der Waals surface area (Å²) >= 11 is 0. The fourth-order valence-corrected chi connectivity index (χ4v) is 5.70. The molecule has 0 amide bonds. The van der Waals surface area contributed by atoms with E-state index in [-0.39, 0.29) is 0 Å². The second-order valence-corrected chi connectivity index (χ2v) is 10.5. The molecule has 0 aliphatic carbocycles. The maximum Gasteiger partial charge on any atom is 0.502 e. The number of hydrogen-bond donors (Lipinski definition) is 0. The number of hydrogen-bond acceptors (Lipinski definition) is 3. The number of halogens is 3. The Morgan fingerprint density at radius 3 is 1.32 bits per heavy atom. The minimum absolute atomic E-state index is 0.334. The van der Waals surface area contributed by atoms with Crippen molar-refractivity contribution in [2.24, 2.45) is 0 Å². The van der Waals surface area contributed by atoms with Crippen LogP contribution in [0.2, 0.25) is 6.04 Å². The maximum absolute atomic E-state index is 13.3. The summed E-state index contributed by atoms with van der Waals surface area (Å²) in [5.41, 5.74) is -3.65. The van der Waals surface area contributed by atoms with Crippen LogP contribution in [-0.4, -0.2) is 31.8 Å². The molecule has 0 aromatic heterocycles. The van der Waals surface area contributed by atoms with Crippen molar-refractivity contribution in [1.29, 1.82) is 0 Å². The standard InChI is InChI=1S/C15H31F3O3Si/c1-10-11-22(19-12(2,3)4,20-13(5,6)7)21-14(8,9)15(16,17)18/h10-11H2,1-9H3. The van der Waals surface area contributed by atoms with E-state index in [1.54, 1.807) is 41.5 Å². The molecule has 0 aromatic rings. The average molecular weight is 344 g/mol.